The first-order valence-corrected chi connectivity index (χ1v) is 7.27. The number of hydrogen-bond acceptors (Lipinski definition) is 1. The first-order valence-electron chi connectivity index (χ1n) is 6.46. The summed E-state index contributed by atoms with van der Waals surface area (Å²) in [4.78, 5) is 4.63. The molecule has 1 atom stereocenters. The van der Waals surface area contributed by atoms with Gasteiger partial charge >= 0.3 is 0 Å². The predicted octanol–water partition coefficient (Wildman–Crippen LogP) is 5.29. The van der Waals surface area contributed by atoms with Crippen molar-refractivity contribution in [2.45, 2.75) is 19.2 Å². The van der Waals surface area contributed by atoms with E-state index in [1.165, 1.54) is 5.56 Å². The molecule has 1 aromatic heterocycles. The van der Waals surface area contributed by atoms with E-state index in [0.717, 1.165) is 22.5 Å². The van der Waals surface area contributed by atoms with Crippen LogP contribution in [0.4, 0.5) is 0 Å². The number of imidazole rings is 1. The van der Waals surface area contributed by atoms with E-state index in [9.17, 15) is 0 Å². The fourth-order valence-corrected chi connectivity index (χ4v) is 2.80. The number of halogens is 2. The fourth-order valence-electron chi connectivity index (χ4n) is 2.40. The molecular weight excluding hydrogens is 291 g/mol. The van der Waals surface area contributed by atoms with Crippen LogP contribution in [0.25, 0.3) is 16.7 Å². The molecule has 2 aromatic carbocycles. The lowest BCUT2D eigenvalue weighted by atomic mass is 10.2. The van der Waals surface area contributed by atoms with Gasteiger partial charge in [0.15, 0.2) is 0 Å². The Morgan fingerprint density at radius 1 is 1.15 bits per heavy atom. The third-order valence-electron chi connectivity index (χ3n) is 3.27. The highest BCUT2D eigenvalue weighted by Crippen LogP contribution is 2.32. The molecule has 20 heavy (non-hydrogen) atoms. The zero-order chi connectivity index (χ0) is 14.3. The fraction of sp³-hybridized carbons (Fsp3) is 0.188. The Kier molecular flexibility index (Phi) is 3.45. The molecule has 3 rings (SSSR count). The van der Waals surface area contributed by atoms with Gasteiger partial charge in [0, 0.05) is 5.69 Å². The quantitative estimate of drug-likeness (QED) is 0.588. The van der Waals surface area contributed by atoms with Crippen molar-refractivity contribution in [3.63, 3.8) is 0 Å². The summed E-state index contributed by atoms with van der Waals surface area (Å²) in [6.45, 7) is 3.98. The summed E-state index contributed by atoms with van der Waals surface area (Å²) in [5, 5.41) is 0.485. The van der Waals surface area contributed by atoms with Crippen LogP contribution in [-0.2, 0) is 0 Å². The summed E-state index contributed by atoms with van der Waals surface area (Å²) in [5.41, 5.74) is 3.98. The summed E-state index contributed by atoms with van der Waals surface area (Å²) in [5.74, 6) is 0.806. The van der Waals surface area contributed by atoms with Gasteiger partial charge in [-0.05, 0) is 43.7 Å². The number of hydrogen-bond donors (Lipinski definition) is 0. The standard InChI is InChI=1S/C16H14Cl2N2/c1-10-5-3-6-12(9-10)20-15-13(18)7-4-8-14(15)19-16(20)11(2)17/h3-9,11H,1-2H3. The van der Waals surface area contributed by atoms with E-state index in [0.29, 0.717) is 5.02 Å². The number of aryl methyl sites for hydroxylation is 1. The third-order valence-corrected chi connectivity index (χ3v) is 3.77. The highest BCUT2D eigenvalue weighted by molar-refractivity contribution is 6.35. The van der Waals surface area contributed by atoms with Crippen LogP contribution in [0, 0.1) is 6.92 Å². The van der Waals surface area contributed by atoms with E-state index in [4.69, 9.17) is 23.2 Å². The van der Waals surface area contributed by atoms with E-state index in [2.05, 4.69) is 24.0 Å². The maximum atomic E-state index is 6.37. The minimum Gasteiger partial charge on any atom is -0.294 e. The summed E-state index contributed by atoms with van der Waals surface area (Å²) >= 11 is 12.7. The minimum absolute atomic E-state index is 0.195. The molecule has 3 aromatic rings. The molecule has 0 fully saturated rings. The number of nitrogens with zero attached hydrogens (tertiary/aromatic N) is 2. The van der Waals surface area contributed by atoms with E-state index in [1.807, 2.05) is 41.8 Å². The summed E-state index contributed by atoms with van der Waals surface area (Å²) in [6.07, 6.45) is 0. The first kappa shape index (κ1) is 13.5. The van der Waals surface area contributed by atoms with Crippen molar-refractivity contribution < 1.29 is 0 Å². The van der Waals surface area contributed by atoms with Crippen LogP contribution in [0.5, 0.6) is 0 Å². The summed E-state index contributed by atoms with van der Waals surface area (Å²) in [6, 6.07) is 14.0. The number of fused-ring (bicyclic) bond motifs is 1. The van der Waals surface area contributed by atoms with E-state index in [-0.39, 0.29) is 5.38 Å². The maximum absolute atomic E-state index is 6.37. The van der Waals surface area contributed by atoms with Gasteiger partial charge in [0.1, 0.15) is 5.82 Å². The van der Waals surface area contributed by atoms with Gasteiger partial charge in [0.2, 0.25) is 0 Å². The van der Waals surface area contributed by atoms with Crippen LogP contribution in [0.15, 0.2) is 42.5 Å². The van der Waals surface area contributed by atoms with Crippen LogP contribution in [0.3, 0.4) is 0 Å². The molecule has 0 aliphatic heterocycles. The van der Waals surface area contributed by atoms with Gasteiger partial charge in [-0.1, -0.05) is 29.8 Å². The van der Waals surface area contributed by atoms with Crippen molar-refractivity contribution in [1.29, 1.82) is 0 Å². The Morgan fingerprint density at radius 2 is 1.90 bits per heavy atom. The van der Waals surface area contributed by atoms with Crippen LogP contribution in [0.2, 0.25) is 5.02 Å². The zero-order valence-corrected chi connectivity index (χ0v) is 12.8. The molecule has 2 nitrogen and oxygen atoms in total. The number of alkyl halides is 1. The molecule has 0 aliphatic rings. The van der Waals surface area contributed by atoms with Crippen molar-refractivity contribution in [1.82, 2.24) is 9.55 Å². The van der Waals surface area contributed by atoms with E-state index >= 15 is 0 Å². The molecule has 0 aliphatic carbocycles. The van der Waals surface area contributed by atoms with Crippen molar-refractivity contribution in [3.05, 3.63) is 58.9 Å². The van der Waals surface area contributed by atoms with Gasteiger partial charge < -0.3 is 0 Å². The summed E-state index contributed by atoms with van der Waals surface area (Å²) < 4.78 is 2.04. The van der Waals surface area contributed by atoms with Gasteiger partial charge in [0.25, 0.3) is 0 Å². The second-order valence-electron chi connectivity index (χ2n) is 4.87. The van der Waals surface area contributed by atoms with E-state index < -0.39 is 0 Å². The average Bonchev–Trinajstić information content (AvgIpc) is 2.80. The topological polar surface area (TPSA) is 17.8 Å². The monoisotopic (exact) mass is 304 g/mol. The van der Waals surface area contributed by atoms with Gasteiger partial charge in [-0.3, -0.25) is 4.57 Å². The van der Waals surface area contributed by atoms with Crippen molar-refractivity contribution in [3.8, 4) is 5.69 Å². The van der Waals surface area contributed by atoms with Gasteiger partial charge in [-0.2, -0.15) is 0 Å². The van der Waals surface area contributed by atoms with Gasteiger partial charge in [0.05, 0.1) is 21.4 Å². The molecule has 0 saturated carbocycles. The van der Waals surface area contributed by atoms with E-state index in [1.54, 1.807) is 0 Å². The molecule has 1 unspecified atom stereocenters. The Bertz CT molecular complexity index is 775. The Balaban J connectivity index is 2.40. The maximum Gasteiger partial charge on any atom is 0.132 e. The van der Waals surface area contributed by atoms with Gasteiger partial charge in [-0.15, -0.1) is 11.6 Å². The number of rotatable bonds is 2. The SMILES string of the molecule is Cc1cccc(-n2c(C(C)Cl)nc3cccc(Cl)c32)c1. The molecule has 0 spiro atoms. The number of benzene rings is 2. The lowest BCUT2D eigenvalue weighted by molar-refractivity contribution is 0.882. The molecule has 0 amide bonds. The third kappa shape index (κ3) is 2.19. The number of para-hydroxylation sites is 1. The predicted molar refractivity (Wildman–Crippen MR) is 85.1 cm³/mol. The highest BCUT2D eigenvalue weighted by Gasteiger charge is 2.18. The van der Waals surface area contributed by atoms with Crippen molar-refractivity contribution in [2.75, 3.05) is 0 Å². The largest absolute Gasteiger partial charge is 0.294 e. The second-order valence-corrected chi connectivity index (χ2v) is 5.93. The molecule has 0 radical (unpaired) electrons. The van der Waals surface area contributed by atoms with Crippen molar-refractivity contribution in [2.24, 2.45) is 0 Å². The Hall–Kier alpha value is -1.51. The van der Waals surface area contributed by atoms with Crippen LogP contribution < -0.4 is 0 Å². The Labute approximate surface area is 128 Å². The molecule has 1 heterocycles. The zero-order valence-electron chi connectivity index (χ0n) is 11.3. The average molecular weight is 305 g/mol. The highest BCUT2D eigenvalue weighted by atomic mass is 35.5. The number of aromatic nitrogens is 2. The molecule has 0 bridgehead atoms. The normalized spacial score (nSPS) is 12.8. The smallest absolute Gasteiger partial charge is 0.132 e. The molecule has 0 N–H and O–H groups in total. The molecule has 4 heteroatoms. The molecular formula is C16H14Cl2N2. The lowest BCUT2D eigenvalue weighted by Crippen LogP contribution is -2.02. The Morgan fingerprint density at radius 3 is 2.60 bits per heavy atom. The molecule has 102 valence electrons. The molecule has 0 saturated heterocycles. The minimum atomic E-state index is -0.195. The van der Waals surface area contributed by atoms with Gasteiger partial charge in [-0.25, -0.2) is 4.98 Å². The first-order chi connectivity index (χ1) is 9.58. The van der Waals surface area contributed by atoms with Crippen molar-refractivity contribution >= 4 is 34.2 Å². The summed E-state index contributed by atoms with van der Waals surface area (Å²) in [7, 11) is 0. The van der Waals surface area contributed by atoms with Crippen LogP contribution >= 0.6 is 23.2 Å². The van der Waals surface area contributed by atoms with Crippen LogP contribution in [-0.4, -0.2) is 9.55 Å². The lowest BCUT2D eigenvalue weighted by Gasteiger charge is -2.12. The second kappa shape index (κ2) is 5.12. The van der Waals surface area contributed by atoms with Crippen LogP contribution in [0.1, 0.15) is 23.7 Å².